The minimum Gasteiger partial charge on any atom is -0.0883 e. The molecule has 3 atom stereocenters. The first-order valence-electron chi connectivity index (χ1n) is 6.90. The van der Waals surface area contributed by atoms with Gasteiger partial charge in [-0.2, -0.15) is 0 Å². The van der Waals surface area contributed by atoms with Gasteiger partial charge in [0.25, 0.3) is 0 Å². The zero-order valence-corrected chi connectivity index (χ0v) is 10.6. The van der Waals surface area contributed by atoms with Gasteiger partial charge in [0.05, 0.1) is 0 Å². The average molecular weight is 214 g/mol. The van der Waals surface area contributed by atoms with Crippen molar-refractivity contribution in [3.63, 3.8) is 0 Å². The summed E-state index contributed by atoms with van der Waals surface area (Å²) < 4.78 is 0. The molecule has 0 nitrogen and oxygen atoms in total. The maximum Gasteiger partial charge on any atom is 0.156 e. The Balaban J connectivity index is 2.23. The molecule has 0 aromatic rings. The van der Waals surface area contributed by atoms with E-state index in [9.17, 15) is 0 Å². The molecule has 86 valence electrons. The topological polar surface area (TPSA) is 0 Å². The average Bonchev–Trinajstić information content (AvgIpc) is 2.24. The van der Waals surface area contributed by atoms with Gasteiger partial charge < -0.3 is 0 Å². The van der Waals surface area contributed by atoms with Crippen molar-refractivity contribution in [1.82, 2.24) is 0 Å². The van der Waals surface area contributed by atoms with E-state index in [1.807, 2.05) is 0 Å². The largest absolute Gasteiger partial charge is 0.156 e. The fourth-order valence-corrected chi connectivity index (χ4v) is 3.39. The van der Waals surface area contributed by atoms with Crippen molar-refractivity contribution in [3.05, 3.63) is 36.5 Å². The van der Waals surface area contributed by atoms with Crippen molar-refractivity contribution in [3.8, 4) is 0 Å². The molecule has 0 N–H and O–H groups in total. The lowest BCUT2D eigenvalue weighted by Gasteiger charge is -2.36. The van der Waals surface area contributed by atoms with Crippen LogP contribution in [0.25, 0.3) is 0 Å². The molecule has 3 aliphatic rings. The predicted octanol–water partition coefficient (Wildman–Crippen LogP) is 4.74. The lowest BCUT2D eigenvalue weighted by Crippen LogP contribution is -2.32. The van der Waals surface area contributed by atoms with E-state index in [2.05, 4.69) is 50.3 Å². The van der Waals surface area contributed by atoms with Crippen LogP contribution in [0.2, 0.25) is 18.0 Å². The highest BCUT2D eigenvalue weighted by atomic mass is 14.2. The minimum absolute atomic E-state index is 0.692. The van der Waals surface area contributed by atoms with Crippen molar-refractivity contribution in [2.45, 2.75) is 51.1 Å². The summed E-state index contributed by atoms with van der Waals surface area (Å²) in [7, 11) is 0. The van der Waals surface area contributed by atoms with Gasteiger partial charge in [-0.15, -0.1) is 0 Å². The van der Waals surface area contributed by atoms with Crippen LogP contribution in [0.15, 0.2) is 36.5 Å². The Hall–Kier alpha value is -0.715. The lowest BCUT2D eigenvalue weighted by atomic mass is 9.27. The second kappa shape index (κ2) is 5.56. The van der Waals surface area contributed by atoms with Gasteiger partial charge >= 0.3 is 0 Å². The van der Waals surface area contributed by atoms with Gasteiger partial charge in [0.15, 0.2) is 6.71 Å². The van der Waals surface area contributed by atoms with Crippen LogP contribution in [-0.2, 0) is 0 Å². The van der Waals surface area contributed by atoms with Crippen molar-refractivity contribution >= 4 is 6.71 Å². The molecule has 2 aliphatic heterocycles. The Kier molecular flexibility index (Phi) is 4.09. The van der Waals surface area contributed by atoms with Crippen LogP contribution in [0.3, 0.4) is 0 Å². The fraction of sp³-hybridized carbons (Fsp3) is 0.600. The Morgan fingerprint density at radius 3 is 2.50 bits per heavy atom. The molecular formula is C15H23B. The van der Waals surface area contributed by atoms with Crippen molar-refractivity contribution in [1.29, 1.82) is 0 Å². The quantitative estimate of drug-likeness (QED) is 0.468. The molecule has 0 saturated carbocycles. The van der Waals surface area contributed by atoms with Crippen LogP contribution >= 0.6 is 0 Å². The molecule has 0 saturated heterocycles. The monoisotopic (exact) mass is 214 g/mol. The molecule has 0 radical (unpaired) electrons. The Bertz CT molecular complexity index is 271. The van der Waals surface area contributed by atoms with Gasteiger partial charge in [-0.05, 0) is 11.7 Å². The smallest absolute Gasteiger partial charge is 0.0883 e. The molecule has 0 aromatic heterocycles. The number of allylic oxidation sites excluding steroid dienone is 6. The predicted molar refractivity (Wildman–Crippen MR) is 74.2 cm³/mol. The van der Waals surface area contributed by atoms with Gasteiger partial charge in [-0.25, -0.2) is 0 Å². The second-order valence-electron chi connectivity index (χ2n) is 5.21. The van der Waals surface area contributed by atoms with E-state index < -0.39 is 0 Å². The normalized spacial score (nSPS) is 33.9. The van der Waals surface area contributed by atoms with E-state index in [1.165, 1.54) is 25.6 Å². The molecule has 2 bridgehead atoms. The maximum atomic E-state index is 2.44. The van der Waals surface area contributed by atoms with Gasteiger partial charge in [0.1, 0.15) is 0 Å². The molecule has 1 heteroatoms. The Morgan fingerprint density at radius 2 is 1.75 bits per heavy atom. The first-order chi connectivity index (χ1) is 7.86. The summed E-state index contributed by atoms with van der Waals surface area (Å²) in [5, 5.41) is 0. The highest BCUT2D eigenvalue weighted by Crippen LogP contribution is 2.43. The number of hydrogen-bond acceptors (Lipinski definition) is 0. The van der Waals surface area contributed by atoms with E-state index in [0.29, 0.717) is 11.7 Å². The molecule has 16 heavy (non-hydrogen) atoms. The van der Waals surface area contributed by atoms with Crippen LogP contribution in [0.5, 0.6) is 0 Å². The van der Waals surface area contributed by atoms with Crippen molar-refractivity contribution in [2.24, 2.45) is 5.92 Å². The Morgan fingerprint density at radius 1 is 0.938 bits per heavy atom. The van der Waals surface area contributed by atoms with E-state index in [0.717, 1.165) is 12.5 Å². The van der Waals surface area contributed by atoms with Crippen molar-refractivity contribution in [2.75, 3.05) is 0 Å². The lowest BCUT2D eigenvalue weighted by molar-refractivity contribution is 0.607. The van der Waals surface area contributed by atoms with Gasteiger partial charge in [-0.3, -0.25) is 0 Å². The summed E-state index contributed by atoms with van der Waals surface area (Å²) in [6, 6.07) is 0. The highest BCUT2D eigenvalue weighted by molar-refractivity contribution is 6.63. The van der Waals surface area contributed by atoms with E-state index >= 15 is 0 Å². The standard InChI is InChI=1S/C15H23B/c1-3-7-15-13-8-5-6-9-14(11-10-13)16(15)12-4-2/h5-6,8-11,13-15H,3-4,7,12H2,1-2H3/b8-5-,9-6?/t13-,14+,15?/m0/s1. The number of fused-ring (bicyclic) bond motifs is 2. The van der Waals surface area contributed by atoms with Crippen LogP contribution < -0.4 is 0 Å². The Labute approximate surface area is 101 Å². The van der Waals surface area contributed by atoms with Gasteiger partial charge in [0.2, 0.25) is 0 Å². The second-order valence-corrected chi connectivity index (χ2v) is 5.21. The van der Waals surface area contributed by atoms with E-state index in [1.54, 1.807) is 0 Å². The van der Waals surface area contributed by atoms with E-state index in [4.69, 9.17) is 0 Å². The van der Waals surface area contributed by atoms with Crippen LogP contribution in [0.1, 0.15) is 33.1 Å². The molecule has 0 spiro atoms. The number of hydrogen-bond donors (Lipinski definition) is 0. The third-order valence-electron chi connectivity index (χ3n) is 4.12. The molecule has 0 aromatic carbocycles. The first kappa shape index (κ1) is 11.8. The summed E-state index contributed by atoms with van der Waals surface area (Å²) >= 11 is 0. The molecule has 1 unspecified atom stereocenters. The summed E-state index contributed by atoms with van der Waals surface area (Å²) in [5.41, 5.74) is 0. The van der Waals surface area contributed by atoms with E-state index in [-0.39, 0.29) is 0 Å². The van der Waals surface area contributed by atoms with Crippen LogP contribution in [0, 0.1) is 5.92 Å². The highest BCUT2D eigenvalue weighted by Gasteiger charge is 2.36. The summed E-state index contributed by atoms with van der Waals surface area (Å²) in [4.78, 5) is 0. The molecule has 2 heterocycles. The molecular weight excluding hydrogens is 191 g/mol. The zero-order chi connectivity index (χ0) is 11.4. The van der Waals surface area contributed by atoms with Crippen LogP contribution in [-0.4, -0.2) is 6.71 Å². The molecule has 1 aliphatic carbocycles. The van der Waals surface area contributed by atoms with Crippen LogP contribution in [0.4, 0.5) is 0 Å². The summed E-state index contributed by atoms with van der Waals surface area (Å²) in [5.74, 6) is 2.26. The van der Waals surface area contributed by atoms with Gasteiger partial charge in [-0.1, -0.05) is 81.7 Å². The molecule has 3 rings (SSSR count). The molecule has 0 amide bonds. The van der Waals surface area contributed by atoms with Crippen molar-refractivity contribution < 1.29 is 0 Å². The zero-order valence-electron chi connectivity index (χ0n) is 10.6. The third-order valence-corrected chi connectivity index (χ3v) is 4.12. The fourth-order valence-electron chi connectivity index (χ4n) is 3.39. The summed E-state index contributed by atoms with van der Waals surface area (Å²) in [6.45, 7) is 5.51. The first-order valence-corrected chi connectivity index (χ1v) is 6.90. The maximum absolute atomic E-state index is 2.44. The van der Waals surface area contributed by atoms with Gasteiger partial charge in [0, 0.05) is 0 Å². The third kappa shape index (κ3) is 2.34. The summed E-state index contributed by atoms with van der Waals surface area (Å²) in [6.07, 6.45) is 19.6. The molecule has 0 fully saturated rings. The SMILES string of the molecule is CCCB1C(CCC)[C@@H]2C=C[C@H]1C=C/C=C\2. The number of rotatable bonds is 4. The minimum atomic E-state index is 0.692.